The van der Waals surface area contributed by atoms with Gasteiger partial charge in [-0.05, 0) is 42.0 Å². The van der Waals surface area contributed by atoms with Crippen molar-refractivity contribution in [3.05, 3.63) is 59.7 Å². The summed E-state index contributed by atoms with van der Waals surface area (Å²) in [5.41, 5.74) is 4.58. The van der Waals surface area contributed by atoms with Gasteiger partial charge in [0.1, 0.15) is 13.2 Å². The predicted octanol–water partition coefficient (Wildman–Crippen LogP) is 3.38. The van der Waals surface area contributed by atoms with E-state index in [9.17, 15) is 14.4 Å². The number of carboxylic acids is 1. The average Bonchev–Trinajstić information content (AvgIpc) is 3.53. The van der Waals surface area contributed by atoms with Gasteiger partial charge in [-0.15, -0.1) is 0 Å². The summed E-state index contributed by atoms with van der Waals surface area (Å²) < 4.78 is 5.51. The third-order valence-corrected chi connectivity index (χ3v) is 5.80. The van der Waals surface area contributed by atoms with E-state index in [0.717, 1.165) is 35.1 Å². The molecule has 0 radical (unpaired) electrons. The minimum Gasteiger partial charge on any atom is -0.480 e. The number of carbonyl (C=O) groups is 3. The quantitative estimate of drug-likeness (QED) is 0.680. The molecule has 7 nitrogen and oxygen atoms in total. The van der Waals surface area contributed by atoms with Crippen LogP contribution in [0.1, 0.15) is 43.2 Å². The summed E-state index contributed by atoms with van der Waals surface area (Å²) in [6.45, 7) is 1.61. The van der Waals surface area contributed by atoms with E-state index in [0.29, 0.717) is 0 Å². The Morgan fingerprint density at radius 2 is 1.65 bits per heavy atom. The molecule has 31 heavy (non-hydrogen) atoms. The van der Waals surface area contributed by atoms with Gasteiger partial charge in [-0.25, -0.2) is 4.79 Å². The molecule has 4 rings (SSSR count). The number of nitrogens with zero attached hydrogens (tertiary/aromatic N) is 1. The molecule has 7 heteroatoms. The lowest BCUT2D eigenvalue weighted by Gasteiger charge is -2.23. The van der Waals surface area contributed by atoms with E-state index in [2.05, 4.69) is 29.6 Å². The number of alkyl carbamates (subject to hydrolysis) is 1. The molecule has 2 N–H and O–H groups in total. The Morgan fingerprint density at radius 1 is 1.06 bits per heavy atom. The number of rotatable bonds is 8. The number of benzene rings is 2. The lowest BCUT2D eigenvalue weighted by Crippen LogP contribution is -2.42. The molecule has 0 aliphatic heterocycles. The van der Waals surface area contributed by atoms with Crippen molar-refractivity contribution in [2.45, 2.75) is 44.2 Å². The van der Waals surface area contributed by atoms with Crippen LogP contribution in [0.4, 0.5) is 4.79 Å². The van der Waals surface area contributed by atoms with Crippen molar-refractivity contribution in [2.24, 2.45) is 0 Å². The summed E-state index contributed by atoms with van der Waals surface area (Å²) in [5.74, 6) is -1.33. The van der Waals surface area contributed by atoms with E-state index in [1.54, 1.807) is 6.92 Å². The van der Waals surface area contributed by atoms with Crippen molar-refractivity contribution in [2.75, 3.05) is 13.2 Å². The van der Waals surface area contributed by atoms with Gasteiger partial charge in [-0.3, -0.25) is 9.59 Å². The maximum atomic E-state index is 12.5. The van der Waals surface area contributed by atoms with Gasteiger partial charge in [-0.2, -0.15) is 0 Å². The summed E-state index contributed by atoms with van der Waals surface area (Å²) in [6, 6.07) is 15.8. The highest BCUT2D eigenvalue weighted by Crippen LogP contribution is 2.44. The van der Waals surface area contributed by atoms with Crippen LogP contribution in [-0.4, -0.2) is 53.2 Å². The second kappa shape index (κ2) is 8.79. The van der Waals surface area contributed by atoms with Crippen LogP contribution in [0.5, 0.6) is 0 Å². The highest BCUT2D eigenvalue weighted by molar-refractivity contribution is 5.83. The molecule has 0 unspecified atom stereocenters. The standard InChI is InChI=1S/C24H26N2O5/c1-15(12-22(27)26(13-23(28)29)16-10-11-16)25-24(30)31-14-21-19-8-4-2-6-17(19)18-7-3-5-9-20(18)21/h2-9,15-16,21H,10-14H2,1H3,(H,25,30)(H,28,29)/t15-/m1/s1. The van der Waals surface area contributed by atoms with Crippen LogP contribution in [0.3, 0.4) is 0 Å². The number of fused-ring (bicyclic) bond motifs is 3. The molecule has 0 bridgehead atoms. The molecule has 2 aromatic rings. The summed E-state index contributed by atoms with van der Waals surface area (Å²) >= 11 is 0. The van der Waals surface area contributed by atoms with Crippen molar-refractivity contribution in [3.63, 3.8) is 0 Å². The molecule has 1 saturated carbocycles. The summed E-state index contributed by atoms with van der Waals surface area (Å²) in [6.07, 6.45) is 1.10. The summed E-state index contributed by atoms with van der Waals surface area (Å²) in [4.78, 5) is 37.2. The van der Waals surface area contributed by atoms with Gasteiger partial charge < -0.3 is 20.1 Å². The van der Waals surface area contributed by atoms with Crippen LogP contribution in [0.15, 0.2) is 48.5 Å². The van der Waals surface area contributed by atoms with Crippen LogP contribution in [0, 0.1) is 0 Å². The molecular formula is C24H26N2O5. The molecular weight excluding hydrogens is 396 g/mol. The second-order valence-corrected chi connectivity index (χ2v) is 8.22. The fourth-order valence-electron chi connectivity index (χ4n) is 4.22. The van der Waals surface area contributed by atoms with Crippen LogP contribution in [0.2, 0.25) is 0 Å². The number of carboxylic acid groups (broad SMARTS) is 1. The van der Waals surface area contributed by atoms with E-state index < -0.39 is 18.1 Å². The highest BCUT2D eigenvalue weighted by atomic mass is 16.5. The maximum absolute atomic E-state index is 12.5. The first-order chi connectivity index (χ1) is 14.9. The van der Waals surface area contributed by atoms with Gasteiger partial charge in [0.05, 0.1) is 0 Å². The number of aliphatic carboxylic acids is 1. The first-order valence-electron chi connectivity index (χ1n) is 10.6. The monoisotopic (exact) mass is 422 g/mol. The summed E-state index contributed by atoms with van der Waals surface area (Å²) in [7, 11) is 0. The predicted molar refractivity (Wildman–Crippen MR) is 115 cm³/mol. The van der Waals surface area contributed by atoms with E-state index >= 15 is 0 Å². The molecule has 1 atom stereocenters. The Labute approximate surface area is 181 Å². The second-order valence-electron chi connectivity index (χ2n) is 8.22. The zero-order valence-corrected chi connectivity index (χ0v) is 17.4. The van der Waals surface area contributed by atoms with Crippen molar-refractivity contribution >= 4 is 18.0 Å². The number of amides is 2. The Balaban J connectivity index is 1.32. The molecule has 0 heterocycles. The lowest BCUT2D eigenvalue weighted by molar-refractivity contribution is -0.145. The summed E-state index contributed by atoms with van der Waals surface area (Å²) in [5, 5.41) is 11.7. The number of ether oxygens (including phenoxy) is 1. The Bertz CT molecular complexity index is 955. The SMILES string of the molecule is C[C@H](CC(=O)N(CC(=O)O)C1CC1)NC(=O)OCC1c2ccccc2-c2ccccc21. The van der Waals surface area contributed by atoms with Gasteiger partial charge in [0.25, 0.3) is 0 Å². The molecule has 0 aromatic heterocycles. The van der Waals surface area contributed by atoms with Crippen molar-refractivity contribution in [1.82, 2.24) is 10.2 Å². The molecule has 162 valence electrons. The fraction of sp³-hybridized carbons (Fsp3) is 0.375. The average molecular weight is 422 g/mol. The third-order valence-electron chi connectivity index (χ3n) is 5.80. The van der Waals surface area contributed by atoms with Gasteiger partial charge in [0.15, 0.2) is 0 Å². The Hall–Kier alpha value is -3.35. The van der Waals surface area contributed by atoms with Gasteiger partial charge >= 0.3 is 12.1 Å². The molecule has 0 saturated heterocycles. The van der Waals surface area contributed by atoms with E-state index in [-0.39, 0.29) is 37.4 Å². The van der Waals surface area contributed by atoms with Crippen molar-refractivity contribution in [1.29, 1.82) is 0 Å². The number of nitrogens with one attached hydrogen (secondary N) is 1. The minimum atomic E-state index is -1.03. The van der Waals surface area contributed by atoms with Crippen LogP contribution < -0.4 is 5.32 Å². The first kappa shape index (κ1) is 20.9. The number of hydrogen-bond donors (Lipinski definition) is 2. The third kappa shape index (κ3) is 4.71. The molecule has 1 fully saturated rings. The van der Waals surface area contributed by atoms with Crippen molar-refractivity contribution in [3.8, 4) is 11.1 Å². The molecule has 2 aliphatic carbocycles. The normalized spacial score (nSPS) is 15.5. The van der Waals surface area contributed by atoms with E-state index in [4.69, 9.17) is 9.84 Å². The maximum Gasteiger partial charge on any atom is 0.407 e. The molecule has 0 spiro atoms. The zero-order chi connectivity index (χ0) is 22.0. The van der Waals surface area contributed by atoms with Crippen LogP contribution in [0.25, 0.3) is 11.1 Å². The highest BCUT2D eigenvalue weighted by Gasteiger charge is 2.34. The molecule has 2 aliphatic rings. The first-order valence-corrected chi connectivity index (χ1v) is 10.6. The lowest BCUT2D eigenvalue weighted by atomic mass is 9.98. The molecule has 2 aromatic carbocycles. The van der Waals surface area contributed by atoms with Crippen LogP contribution in [-0.2, 0) is 14.3 Å². The smallest absolute Gasteiger partial charge is 0.407 e. The van der Waals surface area contributed by atoms with Crippen LogP contribution >= 0.6 is 0 Å². The van der Waals surface area contributed by atoms with E-state index in [1.807, 2.05) is 24.3 Å². The van der Waals surface area contributed by atoms with Gasteiger partial charge in [0.2, 0.25) is 5.91 Å². The van der Waals surface area contributed by atoms with Crippen molar-refractivity contribution < 1.29 is 24.2 Å². The Kier molecular flexibility index (Phi) is 5.93. The number of hydrogen-bond acceptors (Lipinski definition) is 4. The van der Waals surface area contributed by atoms with E-state index in [1.165, 1.54) is 4.90 Å². The minimum absolute atomic E-state index is 0.00487. The Morgan fingerprint density at radius 3 is 2.19 bits per heavy atom. The van der Waals surface area contributed by atoms with Gasteiger partial charge in [0, 0.05) is 24.4 Å². The zero-order valence-electron chi connectivity index (χ0n) is 17.4. The van der Waals surface area contributed by atoms with Gasteiger partial charge in [-0.1, -0.05) is 48.5 Å². The number of carbonyl (C=O) groups excluding carboxylic acids is 2. The molecule has 2 amide bonds. The topological polar surface area (TPSA) is 95.9 Å². The largest absolute Gasteiger partial charge is 0.480 e. The fourth-order valence-corrected chi connectivity index (χ4v) is 4.22.